The minimum atomic E-state index is -0.742. The number of methoxy groups -OCH3 is 1. The van der Waals surface area contributed by atoms with Crippen LogP contribution in [0.15, 0.2) is 57.0 Å². The first-order valence-electron chi connectivity index (χ1n) is 9.61. The van der Waals surface area contributed by atoms with Gasteiger partial charge < -0.3 is 19.1 Å². The van der Waals surface area contributed by atoms with Crippen LogP contribution in [0.5, 0.6) is 11.5 Å². The zero-order valence-corrected chi connectivity index (χ0v) is 18.8. The fourth-order valence-corrected chi connectivity index (χ4v) is 3.25. The van der Waals surface area contributed by atoms with E-state index in [-0.39, 0.29) is 5.75 Å². The lowest BCUT2D eigenvalue weighted by atomic mass is 10.1. The summed E-state index contributed by atoms with van der Waals surface area (Å²) in [7, 11) is 1.26. The summed E-state index contributed by atoms with van der Waals surface area (Å²) in [5.41, 5.74) is 2.42. The van der Waals surface area contributed by atoms with Crippen molar-refractivity contribution in [2.24, 2.45) is 9.98 Å². The van der Waals surface area contributed by atoms with Gasteiger partial charge in [0.15, 0.2) is 11.5 Å². The van der Waals surface area contributed by atoms with Crippen molar-refractivity contribution >= 4 is 34.3 Å². The summed E-state index contributed by atoms with van der Waals surface area (Å²) in [6, 6.07) is 12.1. The molecule has 0 aliphatic rings. The first-order chi connectivity index (χ1) is 15.4. The molecule has 0 aliphatic heterocycles. The summed E-state index contributed by atoms with van der Waals surface area (Å²) in [5.74, 6) is 1.27. The van der Waals surface area contributed by atoms with E-state index in [1.807, 2.05) is 19.1 Å². The van der Waals surface area contributed by atoms with Crippen LogP contribution in [0.3, 0.4) is 0 Å². The number of aryl methyl sites for hydroxylation is 1. The van der Waals surface area contributed by atoms with Gasteiger partial charge in [-0.05, 0) is 55.6 Å². The Balaban J connectivity index is 2.07. The molecule has 0 aliphatic carbocycles. The number of aromatic nitrogens is 2. The van der Waals surface area contributed by atoms with Gasteiger partial charge in [-0.15, -0.1) is 11.8 Å². The first kappa shape index (κ1) is 23.0. The molecule has 0 radical (unpaired) electrons. The highest BCUT2D eigenvalue weighted by Gasteiger charge is 2.17. The second kappa shape index (κ2) is 10.6. The van der Waals surface area contributed by atoms with Crippen molar-refractivity contribution in [3.05, 3.63) is 53.9 Å². The van der Waals surface area contributed by atoms with Crippen molar-refractivity contribution in [1.82, 2.24) is 10.1 Å². The van der Waals surface area contributed by atoms with E-state index < -0.39 is 6.09 Å². The van der Waals surface area contributed by atoms with Crippen LogP contribution in [0.4, 0.5) is 10.5 Å². The van der Waals surface area contributed by atoms with E-state index >= 15 is 0 Å². The van der Waals surface area contributed by atoms with Crippen molar-refractivity contribution in [3.8, 4) is 22.9 Å². The fraction of sp³-hybridized carbons (Fsp3) is 0.227. The molecule has 32 heavy (non-hydrogen) atoms. The van der Waals surface area contributed by atoms with Gasteiger partial charge in [0.1, 0.15) is 10.8 Å². The lowest BCUT2D eigenvalue weighted by Gasteiger charge is -2.12. The predicted octanol–water partition coefficient (Wildman–Crippen LogP) is 4.80. The molecule has 0 spiro atoms. The minimum Gasteiger partial charge on any atom is -0.504 e. The van der Waals surface area contributed by atoms with Gasteiger partial charge in [0, 0.05) is 18.1 Å². The first-order valence-corrected chi connectivity index (χ1v) is 10.8. The van der Waals surface area contributed by atoms with E-state index in [0.717, 1.165) is 5.56 Å². The molecule has 3 aromatic rings. The zero-order valence-electron chi connectivity index (χ0n) is 18.0. The predicted molar refractivity (Wildman–Crippen MR) is 123 cm³/mol. The van der Waals surface area contributed by atoms with Crippen LogP contribution in [0, 0.1) is 6.92 Å². The molecule has 9 nitrogen and oxygen atoms in total. The number of phenols is 1. The zero-order chi connectivity index (χ0) is 23.1. The molecule has 1 amide bonds. The van der Waals surface area contributed by atoms with Crippen molar-refractivity contribution in [1.29, 1.82) is 0 Å². The Morgan fingerprint density at radius 1 is 1.22 bits per heavy atom. The van der Waals surface area contributed by atoms with Crippen molar-refractivity contribution in [2.45, 2.75) is 13.8 Å². The molecule has 0 atom stereocenters. The number of ether oxygens (including phenoxy) is 2. The van der Waals surface area contributed by atoms with Gasteiger partial charge >= 0.3 is 6.09 Å². The van der Waals surface area contributed by atoms with Crippen molar-refractivity contribution < 1.29 is 23.9 Å². The Labute approximate surface area is 189 Å². The number of aromatic hydroxyl groups is 1. The number of hydrogen-bond acceptors (Lipinski definition) is 9. The summed E-state index contributed by atoms with van der Waals surface area (Å²) in [4.78, 5) is 24.8. The molecule has 0 saturated heterocycles. The molecule has 2 aromatic carbocycles. The molecule has 1 aromatic heterocycles. The molecule has 3 rings (SSSR count). The van der Waals surface area contributed by atoms with Gasteiger partial charge in [-0.3, -0.25) is 0 Å². The maximum absolute atomic E-state index is 11.8. The number of phenolic OH excluding ortho intramolecular Hbond substituents is 1. The Morgan fingerprint density at radius 3 is 2.56 bits per heavy atom. The number of amides is 1. The van der Waals surface area contributed by atoms with Crippen LogP contribution in [0.2, 0.25) is 0 Å². The smallest absolute Gasteiger partial charge is 0.434 e. The SMILES string of the molecule is CCOc1cc(C(=Nc2ccc(-c3noc(C)n3)cc2)/C(=N/C(=O)OC)SC)ccc1O. The Kier molecular flexibility index (Phi) is 7.61. The second-order valence-electron chi connectivity index (χ2n) is 6.35. The number of rotatable bonds is 6. The molecule has 166 valence electrons. The summed E-state index contributed by atoms with van der Waals surface area (Å²) in [6.45, 7) is 3.92. The monoisotopic (exact) mass is 454 g/mol. The molecular formula is C22H22N4O5S. The second-order valence-corrected chi connectivity index (χ2v) is 7.15. The highest BCUT2D eigenvalue weighted by Crippen LogP contribution is 2.29. The quantitative estimate of drug-likeness (QED) is 0.417. The van der Waals surface area contributed by atoms with Gasteiger partial charge in [-0.1, -0.05) is 5.16 Å². The normalized spacial score (nSPS) is 12.0. The standard InChI is InChI=1S/C22H22N4O5S/c1-5-30-18-12-15(8-11-17(18)27)19(21(32-4)25-22(28)29-3)24-16-9-6-14(7-10-16)20-23-13(2)31-26-20/h6-12,27H,5H2,1-4H3/b24-19?,25-21-. The van der Waals surface area contributed by atoms with E-state index in [9.17, 15) is 9.90 Å². The minimum absolute atomic E-state index is 0.00492. The van der Waals surface area contributed by atoms with E-state index in [1.165, 1.54) is 24.9 Å². The van der Waals surface area contributed by atoms with E-state index in [0.29, 0.717) is 46.1 Å². The van der Waals surface area contributed by atoms with Crippen LogP contribution < -0.4 is 4.74 Å². The van der Waals surface area contributed by atoms with Gasteiger partial charge in [0.05, 0.1) is 19.4 Å². The van der Waals surface area contributed by atoms with E-state index in [4.69, 9.17) is 14.3 Å². The number of benzene rings is 2. The molecule has 1 N–H and O–H groups in total. The van der Waals surface area contributed by atoms with Crippen LogP contribution in [-0.4, -0.2) is 52.1 Å². The van der Waals surface area contributed by atoms with Crippen LogP contribution >= 0.6 is 11.8 Å². The third-order valence-electron chi connectivity index (χ3n) is 4.19. The maximum atomic E-state index is 11.8. The number of nitrogens with zero attached hydrogens (tertiary/aromatic N) is 4. The number of hydrogen-bond donors (Lipinski definition) is 1. The van der Waals surface area contributed by atoms with E-state index in [2.05, 4.69) is 19.9 Å². The number of carbonyl (C=O) groups excluding carboxylic acids is 1. The summed E-state index contributed by atoms with van der Waals surface area (Å²) in [5, 5.41) is 14.3. The van der Waals surface area contributed by atoms with Crippen LogP contribution in [-0.2, 0) is 4.74 Å². The molecule has 0 bridgehead atoms. The summed E-state index contributed by atoms with van der Waals surface area (Å²) >= 11 is 1.24. The van der Waals surface area contributed by atoms with Gasteiger partial charge in [0.2, 0.25) is 11.7 Å². The lowest BCUT2D eigenvalue weighted by Crippen LogP contribution is -2.14. The molecule has 0 unspecified atom stereocenters. The highest BCUT2D eigenvalue weighted by atomic mass is 32.2. The molecule has 10 heteroatoms. The van der Waals surface area contributed by atoms with Crippen LogP contribution in [0.1, 0.15) is 18.4 Å². The maximum Gasteiger partial charge on any atom is 0.434 e. The number of aliphatic imine (C=N–C) groups is 2. The van der Waals surface area contributed by atoms with Crippen molar-refractivity contribution in [2.75, 3.05) is 20.0 Å². The molecule has 0 fully saturated rings. The Bertz CT molecular complexity index is 1160. The average molecular weight is 455 g/mol. The topological polar surface area (TPSA) is 119 Å². The third-order valence-corrected chi connectivity index (χ3v) is 4.86. The van der Waals surface area contributed by atoms with E-state index in [1.54, 1.807) is 37.4 Å². The fourth-order valence-electron chi connectivity index (χ4n) is 2.72. The lowest BCUT2D eigenvalue weighted by molar-refractivity contribution is 0.183. The number of thioether (sulfide) groups is 1. The summed E-state index contributed by atoms with van der Waals surface area (Å²) < 4.78 is 15.2. The van der Waals surface area contributed by atoms with Gasteiger partial charge in [0.25, 0.3) is 0 Å². The summed E-state index contributed by atoms with van der Waals surface area (Å²) in [6.07, 6.45) is 1.04. The van der Waals surface area contributed by atoms with Gasteiger partial charge in [-0.2, -0.15) is 9.98 Å². The highest BCUT2D eigenvalue weighted by molar-refractivity contribution is 8.15. The van der Waals surface area contributed by atoms with Crippen LogP contribution in [0.25, 0.3) is 11.4 Å². The Morgan fingerprint density at radius 2 is 1.97 bits per heavy atom. The third kappa shape index (κ3) is 5.52. The molecular weight excluding hydrogens is 432 g/mol. The molecule has 0 saturated carbocycles. The largest absolute Gasteiger partial charge is 0.504 e. The number of carbonyl (C=O) groups is 1. The molecule has 1 heterocycles. The van der Waals surface area contributed by atoms with Crippen molar-refractivity contribution in [3.63, 3.8) is 0 Å². The average Bonchev–Trinajstić information content (AvgIpc) is 3.24. The Hall–Kier alpha value is -3.66. The van der Waals surface area contributed by atoms with Gasteiger partial charge in [-0.25, -0.2) is 9.79 Å².